The summed E-state index contributed by atoms with van der Waals surface area (Å²) < 4.78 is 42.6. The van der Waals surface area contributed by atoms with E-state index in [9.17, 15) is 33.9 Å². The highest BCUT2D eigenvalue weighted by Gasteiger charge is 2.52. The number of Topliss-reactive ketones (excluding diaryl/α,β-unsaturated/α-hetero) is 1. The van der Waals surface area contributed by atoms with E-state index in [2.05, 4.69) is 6.92 Å². The van der Waals surface area contributed by atoms with Gasteiger partial charge < -0.3 is 38.3 Å². The zero-order chi connectivity index (χ0) is 44.1. The number of hydrogen-bond donors (Lipinski definition) is 1. The van der Waals surface area contributed by atoms with Crippen molar-refractivity contribution >= 4 is 35.6 Å². The van der Waals surface area contributed by atoms with Gasteiger partial charge >= 0.3 is 29.8 Å². The molecule has 2 aliphatic rings. The maximum atomic E-state index is 13.6. The molecule has 1 spiro atoms. The Morgan fingerprint density at radius 2 is 1.31 bits per heavy atom. The molecular formula is C44H72O14. The fourth-order valence-corrected chi connectivity index (χ4v) is 7.87. The number of esters is 5. The number of aliphatic hydroxyl groups is 1. The first kappa shape index (κ1) is 50.8. The van der Waals surface area contributed by atoms with Crippen LogP contribution in [0, 0.1) is 35.5 Å². The highest BCUT2D eigenvalue weighted by Crippen LogP contribution is 2.46. The molecule has 0 aliphatic carbocycles. The molecule has 0 aromatic rings. The number of ether oxygens (including phenoxy) is 7. The van der Waals surface area contributed by atoms with Crippen molar-refractivity contribution in [2.24, 2.45) is 35.5 Å². The van der Waals surface area contributed by atoms with E-state index in [4.69, 9.17) is 33.2 Å². The standard InChI is InChI=1S/C44H72O14/c1-14-26(6)42(50)55-35(40(53-32(12)46)30(10)33(54-37(47)16-3)18-17-28(8)41(49)52-13)21-29(9)39(56-43(51)27(7)15-2)36-20-25(5)23-44(58-36)22-24(4)19-34(57-44)38(48)31(11)45/h17,24-27,29-30,33-36,38-40,48H,14-16,18-23H2,1-13H3. The number of carbonyl (C=O) groups excluding carboxylic acids is 6. The zero-order valence-electron chi connectivity index (χ0n) is 37.2. The lowest BCUT2D eigenvalue weighted by molar-refractivity contribution is -0.347. The van der Waals surface area contributed by atoms with Gasteiger partial charge in [-0.05, 0) is 63.7 Å². The molecule has 2 fully saturated rings. The Hall–Kier alpha value is -3.36. The molecule has 0 radical (unpaired) electrons. The Morgan fingerprint density at radius 1 is 0.776 bits per heavy atom. The quantitative estimate of drug-likeness (QED) is 0.0741. The normalized spacial score (nSPS) is 27.0. The minimum atomic E-state index is -1.32. The highest BCUT2D eigenvalue weighted by atomic mass is 16.7. The van der Waals surface area contributed by atoms with Crippen LogP contribution >= 0.6 is 0 Å². The first-order valence-electron chi connectivity index (χ1n) is 21.2. The third kappa shape index (κ3) is 14.7. The van der Waals surface area contributed by atoms with Crippen molar-refractivity contribution in [1.29, 1.82) is 0 Å². The van der Waals surface area contributed by atoms with Gasteiger partial charge in [0.1, 0.15) is 30.5 Å². The van der Waals surface area contributed by atoms with E-state index >= 15 is 0 Å². The van der Waals surface area contributed by atoms with Gasteiger partial charge in [-0.15, -0.1) is 0 Å². The Balaban J connectivity index is 2.70. The topological polar surface area (TPSA) is 187 Å². The molecular weight excluding hydrogens is 752 g/mol. The molecule has 2 saturated heterocycles. The fourth-order valence-electron chi connectivity index (χ4n) is 7.87. The van der Waals surface area contributed by atoms with Gasteiger partial charge in [-0.25, -0.2) is 4.79 Å². The molecule has 14 heteroatoms. The Labute approximate surface area is 345 Å². The van der Waals surface area contributed by atoms with Crippen molar-refractivity contribution in [3.8, 4) is 0 Å². The van der Waals surface area contributed by atoms with Crippen LogP contribution in [0.3, 0.4) is 0 Å². The number of hydrogen-bond acceptors (Lipinski definition) is 14. The van der Waals surface area contributed by atoms with Gasteiger partial charge in [0.15, 0.2) is 11.6 Å². The largest absolute Gasteiger partial charge is 0.466 e. The Bertz CT molecular complexity index is 1420. The third-order valence-corrected chi connectivity index (χ3v) is 11.7. The molecule has 0 bridgehead atoms. The lowest BCUT2D eigenvalue weighted by Crippen LogP contribution is -2.58. The van der Waals surface area contributed by atoms with Crippen LogP contribution < -0.4 is 0 Å². The summed E-state index contributed by atoms with van der Waals surface area (Å²) >= 11 is 0. The monoisotopic (exact) mass is 824 g/mol. The summed E-state index contributed by atoms with van der Waals surface area (Å²) in [6.45, 7) is 20.7. The summed E-state index contributed by atoms with van der Waals surface area (Å²) in [6, 6.07) is 0. The molecule has 0 aromatic carbocycles. The summed E-state index contributed by atoms with van der Waals surface area (Å²) in [6.07, 6.45) is -2.14. The van der Waals surface area contributed by atoms with E-state index in [1.165, 1.54) is 21.0 Å². The van der Waals surface area contributed by atoms with Crippen molar-refractivity contribution in [2.75, 3.05) is 7.11 Å². The lowest BCUT2D eigenvalue weighted by Gasteiger charge is -2.51. The van der Waals surface area contributed by atoms with Crippen molar-refractivity contribution in [1.82, 2.24) is 0 Å². The Morgan fingerprint density at radius 3 is 1.81 bits per heavy atom. The van der Waals surface area contributed by atoms with Gasteiger partial charge in [-0.2, -0.15) is 0 Å². The average molecular weight is 825 g/mol. The summed E-state index contributed by atoms with van der Waals surface area (Å²) in [4.78, 5) is 77.3. The lowest BCUT2D eigenvalue weighted by atomic mass is 9.79. The van der Waals surface area contributed by atoms with Crippen LogP contribution in [0.2, 0.25) is 0 Å². The van der Waals surface area contributed by atoms with Crippen LogP contribution in [0.4, 0.5) is 0 Å². The van der Waals surface area contributed by atoms with Crippen molar-refractivity contribution < 1.29 is 67.0 Å². The van der Waals surface area contributed by atoms with Gasteiger partial charge in [0.05, 0.1) is 31.2 Å². The minimum absolute atomic E-state index is 0.0273. The second kappa shape index (κ2) is 23.4. The van der Waals surface area contributed by atoms with Crippen LogP contribution in [0.25, 0.3) is 0 Å². The van der Waals surface area contributed by atoms with Crippen LogP contribution in [0.15, 0.2) is 11.6 Å². The zero-order valence-corrected chi connectivity index (χ0v) is 37.2. The fraction of sp³-hybridized carbons (Fsp3) is 0.818. The van der Waals surface area contributed by atoms with Gasteiger partial charge in [-0.1, -0.05) is 68.4 Å². The van der Waals surface area contributed by atoms with E-state index in [0.29, 0.717) is 38.5 Å². The number of carbonyl (C=O) groups is 6. The molecule has 332 valence electrons. The Kier molecular flexibility index (Phi) is 20.5. The second-order valence-corrected chi connectivity index (χ2v) is 17.0. The molecule has 0 amide bonds. The summed E-state index contributed by atoms with van der Waals surface area (Å²) in [5, 5.41) is 10.8. The van der Waals surface area contributed by atoms with E-state index in [-0.39, 0.29) is 36.7 Å². The molecule has 1 N–H and O–H groups in total. The van der Waals surface area contributed by atoms with E-state index in [1.54, 1.807) is 40.7 Å². The number of ketones is 1. The highest BCUT2D eigenvalue weighted by molar-refractivity contribution is 5.87. The van der Waals surface area contributed by atoms with Crippen LogP contribution in [0.5, 0.6) is 0 Å². The van der Waals surface area contributed by atoms with Gasteiger partial charge in [0, 0.05) is 44.1 Å². The van der Waals surface area contributed by atoms with Gasteiger partial charge in [0.25, 0.3) is 0 Å². The van der Waals surface area contributed by atoms with Crippen LogP contribution in [-0.4, -0.2) is 96.4 Å². The van der Waals surface area contributed by atoms with Crippen molar-refractivity contribution in [3.63, 3.8) is 0 Å². The molecule has 2 rings (SSSR count). The molecule has 2 heterocycles. The predicted octanol–water partition coefficient (Wildman–Crippen LogP) is 6.60. The SMILES string of the molecule is CCC(=O)OC(CC=C(C)C(=O)OC)C(C)C(OC(C)=O)C(CC(C)C(OC(=O)C(C)CC)C1CC(C)CC2(CC(C)CC(C(O)C(C)=O)O2)O1)OC(=O)C(C)CC. The van der Waals surface area contributed by atoms with Gasteiger partial charge in [0.2, 0.25) is 0 Å². The molecule has 14 unspecified atom stereocenters. The van der Waals surface area contributed by atoms with E-state index in [1.807, 2.05) is 27.7 Å². The van der Waals surface area contributed by atoms with E-state index < -0.39 is 108 Å². The van der Waals surface area contributed by atoms with E-state index in [0.717, 1.165) is 0 Å². The number of aliphatic hydroxyl groups excluding tert-OH is 1. The summed E-state index contributed by atoms with van der Waals surface area (Å²) in [7, 11) is 1.26. The molecule has 14 nitrogen and oxygen atoms in total. The van der Waals surface area contributed by atoms with Crippen molar-refractivity contribution in [2.45, 2.75) is 189 Å². The molecule has 2 aliphatic heterocycles. The maximum Gasteiger partial charge on any atom is 0.333 e. The van der Waals surface area contributed by atoms with Gasteiger partial charge in [-0.3, -0.25) is 24.0 Å². The average Bonchev–Trinajstić information content (AvgIpc) is 3.17. The van der Waals surface area contributed by atoms with Crippen molar-refractivity contribution in [3.05, 3.63) is 11.6 Å². The second-order valence-electron chi connectivity index (χ2n) is 17.0. The molecule has 58 heavy (non-hydrogen) atoms. The van der Waals surface area contributed by atoms with Crippen LogP contribution in [-0.2, 0) is 61.9 Å². The minimum Gasteiger partial charge on any atom is -0.466 e. The number of methoxy groups -OCH3 is 1. The summed E-state index contributed by atoms with van der Waals surface area (Å²) in [5.74, 6) is -6.46. The van der Waals surface area contributed by atoms with Crippen LogP contribution in [0.1, 0.15) is 141 Å². The smallest absolute Gasteiger partial charge is 0.333 e. The first-order chi connectivity index (χ1) is 27.1. The predicted molar refractivity (Wildman–Crippen MR) is 214 cm³/mol. The molecule has 14 atom stereocenters. The number of rotatable bonds is 21. The molecule has 0 saturated carbocycles. The first-order valence-corrected chi connectivity index (χ1v) is 21.2. The maximum absolute atomic E-state index is 13.6. The molecule has 0 aromatic heterocycles. The third-order valence-electron chi connectivity index (χ3n) is 11.7. The summed E-state index contributed by atoms with van der Waals surface area (Å²) in [5.41, 5.74) is 0.286.